The second-order valence-electron chi connectivity index (χ2n) is 4.36. The smallest absolute Gasteiger partial charge is 0.270 e. The first kappa shape index (κ1) is 15.9. The van der Waals surface area contributed by atoms with Crippen LogP contribution in [-0.2, 0) is 0 Å². The van der Waals surface area contributed by atoms with Gasteiger partial charge in [0.1, 0.15) is 11.6 Å². The summed E-state index contributed by atoms with van der Waals surface area (Å²) in [6, 6.07) is 14.5. The summed E-state index contributed by atoms with van der Waals surface area (Å²) in [5, 5.41) is 19.9. The van der Waals surface area contributed by atoms with Crippen molar-refractivity contribution in [3.8, 4) is 6.07 Å². The molecular weight excluding hydrogens is 395 g/mol. The molecule has 0 aliphatic heterocycles. The number of halogens is 1. The Labute approximate surface area is 140 Å². The summed E-state index contributed by atoms with van der Waals surface area (Å²) in [6.45, 7) is 0. The van der Waals surface area contributed by atoms with Crippen LogP contribution in [0.1, 0.15) is 15.9 Å². The number of hydrogen-bond acceptors (Lipinski definition) is 4. The van der Waals surface area contributed by atoms with Gasteiger partial charge in [-0.1, -0.05) is 24.3 Å². The number of carbonyl (C=O) groups excluding carboxylic acids is 1. The van der Waals surface area contributed by atoms with Crippen LogP contribution in [0.2, 0.25) is 0 Å². The maximum absolute atomic E-state index is 12.3. The number of allylic oxidation sites excluding steroid dienone is 1. The molecule has 0 unspecified atom stereocenters. The third-order valence-electron chi connectivity index (χ3n) is 2.84. The van der Waals surface area contributed by atoms with E-state index in [4.69, 9.17) is 0 Å². The molecule has 0 saturated heterocycles. The molecule has 0 amide bonds. The first-order valence-electron chi connectivity index (χ1n) is 6.18. The molecule has 0 radical (unpaired) electrons. The van der Waals surface area contributed by atoms with E-state index in [9.17, 15) is 20.2 Å². The topological polar surface area (TPSA) is 84.0 Å². The van der Waals surface area contributed by atoms with Crippen LogP contribution in [0.15, 0.2) is 54.1 Å². The van der Waals surface area contributed by atoms with Gasteiger partial charge in [0.05, 0.1) is 4.92 Å². The van der Waals surface area contributed by atoms with Gasteiger partial charge in [0, 0.05) is 21.3 Å². The van der Waals surface area contributed by atoms with E-state index in [1.165, 1.54) is 30.3 Å². The summed E-state index contributed by atoms with van der Waals surface area (Å²) in [6.07, 6.45) is 1.48. The number of nitro groups is 1. The molecular formula is C16H9IN2O3. The van der Waals surface area contributed by atoms with Crippen LogP contribution in [-0.4, -0.2) is 10.7 Å². The van der Waals surface area contributed by atoms with Crippen molar-refractivity contribution >= 4 is 40.1 Å². The van der Waals surface area contributed by atoms with Gasteiger partial charge in [-0.25, -0.2) is 0 Å². The number of nitro benzene ring substituents is 1. The molecule has 22 heavy (non-hydrogen) atoms. The van der Waals surface area contributed by atoms with Crippen LogP contribution >= 0.6 is 22.6 Å². The predicted octanol–water partition coefficient (Wildman–Crippen LogP) is 3.99. The largest absolute Gasteiger partial charge is 0.288 e. The Morgan fingerprint density at radius 2 is 1.95 bits per heavy atom. The summed E-state index contributed by atoms with van der Waals surface area (Å²) >= 11 is 2.13. The van der Waals surface area contributed by atoms with Gasteiger partial charge < -0.3 is 0 Å². The number of benzene rings is 2. The quantitative estimate of drug-likeness (QED) is 0.193. The van der Waals surface area contributed by atoms with Crippen LogP contribution in [0, 0.1) is 25.0 Å². The number of ketones is 1. The molecule has 2 rings (SSSR count). The average Bonchev–Trinajstić information content (AvgIpc) is 2.52. The Morgan fingerprint density at radius 1 is 1.23 bits per heavy atom. The van der Waals surface area contributed by atoms with Gasteiger partial charge in [0.2, 0.25) is 5.78 Å². The molecule has 0 heterocycles. The van der Waals surface area contributed by atoms with E-state index in [1.54, 1.807) is 6.07 Å². The monoisotopic (exact) mass is 404 g/mol. The molecule has 0 N–H and O–H groups in total. The van der Waals surface area contributed by atoms with E-state index in [1.807, 2.05) is 24.3 Å². The highest BCUT2D eigenvalue weighted by Crippen LogP contribution is 2.18. The third-order valence-corrected chi connectivity index (χ3v) is 3.51. The molecule has 108 valence electrons. The number of nitrogens with zero attached hydrogens (tertiary/aromatic N) is 2. The Hall–Kier alpha value is -2.53. The van der Waals surface area contributed by atoms with Gasteiger partial charge in [-0.05, 0) is 46.4 Å². The molecule has 0 aliphatic rings. The zero-order valence-corrected chi connectivity index (χ0v) is 13.4. The highest BCUT2D eigenvalue weighted by atomic mass is 127. The fourth-order valence-electron chi connectivity index (χ4n) is 1.83. The van der Waals surface area contributed by atoms with E-state index >= 15 is 0 Å². The zero-order chi connectivity index (χ0) is 16.1. The molecule has 6 heteroatoms. The zero-order valence-electron chi connectivity index (χ0n) is 11.2. The lowest BCUT2D eigenvalue weighted by Crippen LogP contribution is -2.02. The lowest BCUT2D eigenvalue weighted by atomic mass is 10.0. The molecule has 0 atom stereocenters. The van der Waals surface area contributed by atoms with E-state index < -0.39 is 10.7 Å². The minimum absolute atomic E-state index is 0.0671. The van der Waals surface area contributed by atoms with Crippen LogP contribution in [0.3, 0.4) is 0 Å². The van der Waals surface area contributed by atoms with Crippen molar-refractivity contribution in [3.63, 3.8) is 0 Å². The van der Waals surface area contributed by atoms with E-state index in [2.05, 4.69) is 22.6 Å². The van der Waals surface area contributed by atoms with Crippen molar-refractivity contribution in [1.29, 1.82) is 5.26 Å². The number of Topliss-reactive ketones (excluding diaryl/α,β-unsaturated/α-hetero) is 1. The molecule has 5 nitrogen and oxygen atoms in total. The van der Waals surface area contributed by atoms with Crippen molar-refractivity contribution in [1.82, 2.24) is 0 Å². The maximum Gasteiger partial charge on any atom is 0.270 e. The summed E-state index contributed by atoms with van der Waals surface area (Å²) in [5.41, 5.74) is 0.592. The number of rotatable bonds is 4. The first-order chi connectivity index (χ1) is 10.5. The highest BCUT2D eigenvalue weighted by molar-refractivity contribution is 14.1. The normalized spacial score (nSPS) is 10.8. The molecule has 0 bridgehead atoms. The van der Waals surface area contributed by atoms with Crippen LogP contribution in [0.4, 0.5) is 5.69 Å². The number of non-ortho nitro benzene ring substituents is 1. The van der Waals surface area contributed by atoms with Gasteiger partial charge in [0.25, 0.3) is 5.69 Å². The Morgan fingerprint density at radius 3 is 2.59 bits per heavy atom. The second kappa shape index (κ2) is 6.95. The Bertz CT molecular complexity index is 822. The summed E-state index contributed by atoms with van der Waals surface area (Å²) < 4.78 is 0.978. The molecule has 0 fully saturated rings. The number of nitriles is 1. The van der Waals surface area contributed by atoms with Crippen molar-refractivity contribution < 1.29 is 9.72 Å². The van der Waals surface area contributed by atoms with Crippen molar-refractivity contribution in [2.45, 2.75) is 0 Å². The molecule has 0 spiro atoms. The van der Waals surface area contributed by atoms with Gasteiger partial charge in [-0.2, -0.15) is 5.26 Å². The number of hydrogen-bond donors (Lipinski definition) is 0. The van der Waals surface area contributed by atoms with E-state index in [0.717, 1.165) is 9.13 Å². The van der Waals surface area contributed by atoms with Gasteiger partial charge >= 0.3 is 0 Å². The van der Waals surface area contributed by atoms with Crippen molar-refractivity contribution in [3.05, 3.63) is 78.9 Å². The Balaban J connectivity index is 2.40. The first-order valence-corrected chi connectivity index (χ1v) is 7.25. The number of carbonyl (C=O) groups is 1. The van der Waals surface area contributed by atoms with Gasteiger partial charge in [0.15, 0.2) is 0 Å². The fourth-order valence-corrected chi connectivity index (χ4v) is 2.40. The lowest BCUT2D eigenvalue weighted by Gasteiger charge is -2.01. The van der Waals surface area contributed by atoms with Crippen molar-refractivity contribution in [2.75, 3.05) is 0 Å². The molecule has 2 aromatic rings. The van der Waals surface area contributed by atoms with Crippen LogP contribution < -0.4 is 0 Å². The maximum atomic E-state index is 12.3. The lowest BCUT2D eigenvalue weighted by molar-refractivity contribution is -0.384. The highest BCUT2D eigenvalue weighted by Gasteiger charge is 2.15. The van der Waals surface area contributed by atoms with E-state index in [0.29, 0.717) is 0 Å². The van der Waals surface area contributed by atoms with Crippen LogP contribution in [0.25, 0.3) is 6.08 Å². The second-order valence-corrected chi connectivity index (χ2v) is 5.61. The summed E-state index contributed by atoms with van der Waals surface area (Å²) in [7, 11) is 0. The minimum Gasteiger partial charge on any atom is -0.288 e. The van der Waals surface area contributed by atoms with Crippen LogP contribution in [0.5, 0.6) is 0 Å². The molecule has 0 aromatic heterocycles. The molecule has 0 aliphatic carbocycles. The van der Waals surface area contributed by atoms with Gasteiger partial charge in [-0.15, -0.1) is 0 Å². The van der Waals surface area contributed by atoms with E-state index in [-0.39, 0.29) is 16.8 Å². The standard InChI is InChI=1S/C16H9IN2O3/c17-14-5-1-3-11(8-14)7-13(10-18)16(20)12-4-2-6-15(9-12)19(21)22/h1-9H. The average molecular weight is 404 g/mol. The minimum atomic E-state index is -0.577. The van der Waals surface area contributed by atoms with Crippen molar-refractivity contribution in [2.24, 2.45) is 0 Å². The SMILES string of the molecule is N#CC(=Cc1cccc(I)c1)C(=O)c1cccc([N+](=O)[O-])c1. The third kappa shape index (κ3) is 3.77. The molecule has 0 saturated carbocycles. The predicted molar refractivity (Wildman–Crippen MR) is 90.2 cm³/mol. The summed E-state index contributed by atoms with van der Waals surface area (Å²) in [4.78, 5) is 22.5. The van der Waals surface area contributed by atoms with Gasteiger partial charge in [-0.3, -0.25) is 14.9 Å². The molecule has 2 aromatic carbocycles. The summed E-state index contributed by atoms with van der Waals surface area (Å²) in [5.74, 6) is -0.537. The Kier molecular flexibility index (Phi) is 5.01. The fraction of sp³-hybridized carbons (Fsp3) is 0.